The minimum Gasteiger partial charge on any atom is -0.497 e. The number of hydrogen-bond donors (Lipinski definition) is 0. The Morgan fingerprint density at radius 3 is 2.10 bits per heavy atom. The van der Waals surface area contributed by atoms with E-state index in [1.807, 2.05) is 42.5 Å². The Balaban J connectivity index is 1.46. The SMILES string of the molecule is CCN(Cc1ccc(OC)cc1)c1nc2sc(C(=O)Cc3ccc(OC)cc3)cc2s1. The zero-order chi connectivity index (χ0) is 21.8. The first-order valence-electron chi connectivity index (χ1n) is 10.0. The van der Waals surface area contributed by atoms with Crippen molar-refractivity contribution in [1.82, 2.24) is 4.98 Å². The molecule has 4 aromatic rings. The number of thiophene rings is 1. The molecule has 160 valence electrons. The fraction of sp³-hybridized carbons (Fsp3) is 0.250. The van der Waals surface area contributed by atoms with E-state index in [9.17, 15) is 4.79 Å². The molecule has 0 saturated heterocycles. The summed E-state index contributed by atoms with van der Waals surface area (Å²) >= 11 is 3.11. The van der Waals surface area contributed by atoms with Crippen LogP contribution in [0.3, 0.4) is 0 Å². The Bertz CT molecular complexity index is 1130. The predicted molar refractivity (Wildman–Crippen MR) is 128 cm³/mol. The van der Waals surface area contributed by atoms with Gasteiger partial charge in [0.25, 0.3) is 0 Å². The molecule has 0 unspecified atom stereocenters. The number of carbonyl (C=O) groups is 1. The summed E-state index contributed by atoms with van der Waals surface area (Å²) < 4.78 is 11.5. The minimum absolute atomic E-state index is 0.118. The highest BCUT2D eigenvalue weighted by Crippen LogP contribution is 2.35. The van der Waals surface area contributed by atoms with Crippen molar-refractivity contribution in [3.05, 3.63) is 70.6 Å². The van der Waals surface area contributed by atoms with E-state index in [2.05, 4.69) is 24.0 Å². The molecule has 0 fully saturated rings. The molecule has 2 aromatic carbocycles. The first kappa shape index (κ1) is 21.3. The van der Waals surface area contributed by atoms with Crippen molar-refractivity contribution in [3.8, 4) is 11.5 Å². The Morgan fingerprint density at radius 2 is 1.55 bits per heavy atom. The van der Waals surface area contributed by atoms with Crippen molar-refractivity contribution in [3.63, 3.8) is 0 Å². The van der Waals surface area contributed by atoms with Gasteiger partial charge in [-0.25, -0.2) is 4.98 Å². The van der Waals surface area contributed by atoms with Gasteiger partial charge in [0.2, 0.25) is 0 Å². The third kappa shape index (κ3) is 4.89. The molecule has 2 aromatic heterocycles. The Morgan fingerprint density at radius 1 is 0.935 bits per heavy atom. The summed E-state index contributed by atoms with van der Waals surface area (Å²) in [6.07, 6.45) is 0.378. The van der Waals surface area contributed by atoms with E-state index in [1.54, 1.807) is 25.6 Å². The van der Waals surface area contributed by atoms with Crippen LogP contribution in [0, 0.1) is 0 Å². The van der Waals surface area contributed by atoms with Crippen molar-refractivity contribution in [2.24, 2.45) is 0 Å². The van der Waals surface area contributed by atoms with Crippen LogP contribution in [0.5, 0.6) is 11.5 Å². The summed E-state index contributed by atoms with van der Waals surface area (Å²) in [6, 6.07) is 17.7. The highest BCUT2D eigenvalue weighted by Gasteiger charge is 2.17. The van der Waals surface area contributed by atoms with Crippen molar-refractivity contribution in [1.29, 1.82) is 0 Å². The smallest absolute Gasteiger partial charge is 0.187 e. The van der Waals surface area contributed by atoms with Gasteiger partial charge in [-0.1, -0.05) is 35.6 Å². The molecule has 0 bridgehead atoms. The van der Waals surface area contributed by atoms with Crippen molar-refractivity contribution in [2.75, 3.05) is 25.7 Å². The molecule has 4 rings (SSSR count). The zero-order valence-electron chi connectivity index (χ0n) is 17.8. The van der Waals surface area contributed by atoms with Gasteiger partial charge < -0.3 is 14.4 Å². The summed E-state index contributed by atoms with van der Waals surface area (Å²) in [4.78, 5) is 21.5. The number of nitrogens with zero attached hydrogens (tertiary/aromatic N) is 2. The molecule has 0 radical (unpaired) electrons. The minimum atomic E-state index is 0.118. The number of methoxy groups -OCH3 is 2. The van der Waals surface area contributed by atoms with Crippen LogP contribution in [0.25, 0.3) is 9.53 Å². The summed E-state index contributed by atoms with van der Waals surface area (Å²) in [5.41, 5.74) is 2.18. The second-order valence-electron chi connectivity index (χ2n) is 7.09. The third-order valence-electron chi connectivity index (χ3n) is 5.06. The molecule has 0 aliphatic heterocycles. The fourth-order valence-corrected chi connectivity index (χ4v) is 5.49. The summed E-state index contributed by atoms with van der Waals surface area (Å²) in [7, 11) is 3.31. The number of rotatable bonds is 9. The van der Waals surface area contributed by atoms with Crippen LogP contribution in [0.4, 0.5) is 5.13 Å². The Hall–Kier alpha value is -2.90. The molecule has 31 heavy (non-hydrogen) atoms. The molecule has 0 amide bonds. The van der Waals surface area contributed by atoms with E-state index in [1.165, 1.54) is 16.9 Å². The largest absolute Gasteiger partial charge is 0.497 e. The lowest BCUT2D eigenvalue weighted by atomic mass is 10.1. The second kappa shape index (κ2) is 9.49. The summed E-state index contributed by atoms with van der Waals surface area (Å²) in [5, 5.41) is 0.980. The maximum Gasteiger partial charge on any atom is 0.187 e. The number of thiazole rings is 1. The molecular weight excluding hydrogens is 428 g/mol. The van der Waals surface area contributed by atoms with E-state index in [-0.39, 0.29) is 5.78 Å². The number of aromatic nitrogens is 1. The number of anilines is 1. The number of carbonyl (C=O) groups excluding carboxylic acids is 1. The number of ketones is 1. The molecular formula is C24H24N2O3S2. The lowest BCUT2D eigenvalue weighted by molar-refractivity contribution is 0.0997. The van der Waals surface area contributed by atoms with Gasteiger partial charge in [-0.3, -0.25) is 4.79 Å². The number of fused-ring (bicyclic) bond motifs is 1. The zero-order valence-corrected chi connectivity index (χ0v) is 19.4. The van der Waals surface area contributed by atoms with E-state index in [4.69, 9.17) is 14.5 Å². The first-order valence-corrected chi connectivity index (χ1v) is 11.7. The molecule has 0 N–H and O–H groups in total. The highest BCUT2D eigenvalue weighted by molar-refractivity contribution is 7.29. The van der Waals surface area contributed by atoms with Gasteiger partial charge in [-0.15, -0.1) is 11.3 Å². The lowest BCUT2D eigenvalue weighted by Crippen LogP contribution is -2.21. The Labute approximate surface area is 189 Å². The molecule has 2 heterocycles. The van der Waals surface area contributed by atoms with E-state index in [0.29, 0.717) is 6.42 Å². The lowest BCUT2D eigenvalue weighted by Gasteiger charge is -2.19. The number of benzene rings is 2. The van der Waals surface area contributed by atoms with Crippen molar-refractivity contribution < 1.29 is 14.3 Å². The fourth-order valence-electron chi connectivity index (χ4n) is 3.28. The summed E-state index contributed by atoms with van der Waals surface area (Å²) in [6.45, 7) is 3.77. The summed E-state index contributed by atoms with van der Waals surface area (Å²) in [5.74, 6) is 1.76. The molecule has 0 saturated carbocycles. The van der Waals surface area contributed by atoms with Crippen LogP contribution in [0.2, 0.25) is 0 Å². The van der Waals surface area contributed by atoms with Crippen LogP contribution >= 0.6 is 22.7 Å². The van der Waals surface area contributed by atoms with Crippen LogP contribution in [-0.2, 0) is 13.0 Å². The monoisotopic (exact) mass is 452 g/mol. The van der Waals surface area contributed by atoms with E-state index < -0.39 is 0 Å². The van der Waals surface area contributed by atoms with Gasteiger partial charge >= 0.3 is 0 Å². The maximum atomic E-state index is 12.7. The van der Waals surface area contributed by atoms with Gasteiger partial charge in [0.1, 0.15) is 16.3 Å². The topological polar surface area (TPSA) is 51.7 Å². The van der Waals surface area contributed by atoms with Gasteiger partial charge in [-0.05, 0) is 48.4 Å². The van der Waals surface area contributed by atoms with Gasteiger partial charge in [0.15, 0.2) is 10.9 Å². The first-order chi connectivity index (χ1) is 15.1. The number of ether oxygens (including phenoxy) is 2. The highest BCUT2D eigenvalue weighted by atomic mass is 32.1. The third-order valence-corrected chi connectivity index (χ3v) is 7.32. The van der Waals surface area contributed by atoms with Gasteiger partial charge in [0, 0.05) is 19.5 Å². The van der Waals surface area contributed by atoms with E-state index in [0.717, 1.165) is 49.7 Å². The second-order valence-corrected chi connectivity index (χ2v) is 9.13. The van der Waals surface area contributed by atoms with Crippen LogP contribution in [0.15, 0.2) is 54.6 Å². The molecule has 0 atom stereocenters. The normalized spacial score (nSPS) is 10.9. The average molecular weight is 453 g/mol. The molecule has 0 aliphatic carbocycles. The van der Waals surface area contributed by atoms with E-state index >= 15 is 0 Å². The van der Waals surface area contributed by atoms with Gasteiger partial charge in [0.05, 0.1) is 23.8 Å². The molecule has 0 aliphatic rings. The van der Waals surface area contributed by atoms with Crippen molar-refractivity contribution >= 4 is 43.1 Å². The Kier molecular flexibility index (Phi) is 6.53. The molecule has 7 heteroatoms. The molecule has 5 nitrogen and oxygen atoms in total. The predicted octanol–water partition coefficient (Wildman–Crippen LogP) is 5.83. The maximum absolute atomic E-state index is 12.7. The number of Topliss-reactive ketones (excluding diaryl/α,β-unsaturated/α-hetero) is 1. The van der Waals surface area contributed by atoms with Crippen molar-refractivity contribution in [2.45, 2.75) is 19.9 Å². The van der Waals surface area contributed by atoms with Crippen LogP contribution in [0.1, 0.15) is 27.7 Å². The quantitative estimate of drug-likeness (QED) is 0.299. The number of hydrogen-bond acceptors (Lipinski definition) is 7. The average Bonchev–Trinajstić information content (AvgIpc) is 3.38. The molecule has 0 spiro atoms. The van der Waals surface area contributed by atoms with Gasteiger partial charge in [-0.2, -0.15) is 0 Å². The standard InChI is InChI=1S/C24H24N2O3S2/c1-4-26(15-17-7-11-19(29-3)12-8-17)24-25-23-22(31-24)14-21(30-23)20(27)13-16-5-9-18(28-2)10-6-16/h5-12,14H,4,13,15H2,1-3H3. The van der Waals surface area contributed by atoms with Crippen LogP contribution < -0.4 is 14.4 Å². The van der Waals surface area contributed by atoms with Crippen LogP contribution in [-0.4, -0.2) is 31.5 Å².